The average molecular weight is 679 g/mol. The summed E-state index contributed by atoms with van der Waals surface area (Å²) in [5.41, 5.74) is 21.3. The van der Waals surface area contributed by atoms with Gasteiger partial charge < -0.3 is 9.38 Å². The molecule has 52 heavy (non-hydrogen) atoms. The normalized spacial score (nSPS) is 15.0. The molecule has 242 valence electrons. The second-order valence-corrected chi connectivity index (χ2v) is 16.4. The molecule has 0 fully saturated rings. The highest BCUT2D eigenvalue weighted by molar-refractivity contribution is 7.27. The zero-order valence-electron chi connectivity index (χ0n) is 28.8. The van der Waals surface area contributed by atoms with Crippen LogP contribution in [0.3, 0.4) is 0 Å². The molecule has 0 saturated carbocycles. The zero-order chi connectivity index (χ0) is 34.0. The van der Waals surface area contributed by atoms with Crippen LogP contribution in [-0.4, -0.2) is 11.3 Å². The van der Waals surface area contributed by atoms with Crippen LogP contribution in [0.25, 0.3) is 53.5 Å². The molecule has 0 radical (unpaired) electrons. The van der Waals surface area contributed by atoms with Crippen LogP contribution in [0.15, 0.2) is 146 Å². The summed E-state index contributed by atoms with van der Waals surface area (Å²) in [7, 11) is 0. The van der Waals surface area contributed by atoms with E-state index in [2.05, 4.69) is 169 Å². The molecule has 2 aromatic heterocycles. The smallest absolute Gasteiger partial charge is 0.333 e. The number of para-hydroxylation sites is 3. The summed E-state index contributed by atoms with van der Waals surface area (Å²) in [6.07, 6.45) is 0. The van der Waals surface area contributed by atoms with Gasteiger partial charge in [0.05, 0.1) is 21.3 Å². The topological polar surface area (TPSA) is 8.17 Å². The van der Waals surface area contributed by atoms with Crippen LogP contribution in [0.4, 0.5) is 17.1 Å². The highest BCUT2D eigenvalue weighted by atomic mass is 32.1. The molecule has 0 N–H and O–H groups in total. The molecule has 5 heterocycles. The lowest BCUT2D eigenvalue weighted by molar-refractivity contribution is 0.753. The highest BCUT2D eigenvalue weighted by Gasteiger charge is 2.55. The minimum atomic E-state index is -0.440. The van der Waals surface area contributed by atoms with Crippen molar-refractivity contribution in [3.05, 3.63) is 173 Å². The summed E-state index contributed by atoms with van der Waals surface area (Å²) in [5, 5.41) is 2.71. The van der Waals surface area contributed by atoms with Crippen LogP contribution in [-0.2, 0) is 5.41 Å². The van der Waals surface area contributed by atoms with E-state index in [1.54, 1.807) is 0 Å². The molecular weight excluding hydrogens is 647 g/mol. The number of hydrogen-bond acceptors (Lipinski definition) is 2. The van der Waals surface area contributed by atoms with Crippen molar-refractivity contribution in [1.29, 1.82) is 0 Å². The Morgan fingerprint density at radius 2 is 1.21 bits per heavy atom. The van der Waals surface area contributed by atoms with Gasteiger partial charge in [0.2, 0.25) is 0 Å². The number of nitrogens with zero attached hydrogens (tertiary/aromatic N) is 2. The van der Waals surface area contributed by atoms with Crippen LogP contribution in [0, 0.1) is 0 Å². The fraction of sp³-hybridized carbons (Fsp3) is 0.0833. The van der Waals surface area contributed by atoms with Gasteiger partial charge in [-0.3, -0.25) is 0 Å². The number of anilines is 3. The number of aromatic nitrogens is 1. The second-order valence-electron chi connectivity index (χ2n) is 15.3. The van der Waals surface area contributed by atoms with Crippen molar-refractivity contribution in [3.8, 4) is 22.3 Å². The predicted molar refractivity (Wildman–Crippen MR) is 220 cm³/mol. The van der Waals surface area contributed by atoms with Gasteiger partial charge in [0.25, 0.3) is 0 Å². The van der Waals surface area contributed by atoms with Crippen LogP contribution < -0.4 is 15.8 Å². The van der Waals surface area contributed by atoms with Gasteiger partial charge in [-0.1, -0.05) is 141 Å². The van der Waals surface area contributed by atoms with E-state index in [9.17, 15) is 0 Å². The monoisotopic (exact) mass is 678 g/mol. The van der Waals surface area contributed by atoms with E-state index in [4.69, 9.17) is 0 Å². The molecule has 13 rings (SSSR count). The lowest BCUT2D eigenvalue weighted by atomic mass is 9.43. The van der Waals surface area contributed by atoms with Crippen molar-refractivity contribution in [2.75, 3.05) is 4.90 Å². The standard InChI is InChI=1S/C48H31BN2S/c1-27(2)28-25-34-31-16-11-17-33-44(31)51(45-32-15-5-10-24-42(32)52-47(33)45)49-39-22-12-21-38-46(39)50(41(26-28)43(34)49)40-23-9-8-20-37(40)48(38)35-18-6-3-13-29(35)30-14-4-7-19-36(30)48/h3-27H,1-2H3. The third-order valence-electron chi connectivity index (χ3n) is 12.7. The molecule has 0 bridgehead atoms. The molecule has 0 unspecified atom stereocenters. The van der Waals surface area contributed by atoms with Crippen molar-refractivity contribution < 1.29 is 0 Å². The fourth-order valence-corrected chi connectivity index (χ4v) is 12.0. The van der Waals surface area contributed by atoms with Crippen LogP contribution in [0.5, 0.6) is 0 Å². The lowest BCUT2D eigenvalue weighted by Crippen LogP contribution is -2.58. The Balaban J connectivity index is 1.25. The van der Waals surface area contributed by atoms with Crippen molar-refractivity contribution in [1.82, 2.24) is 4.48 Å². The predicted octanol–water partition coefficient (Wildman–Crippen LogP) is 11.2. The Kier molecular flexibility index (Phi) is 4.99. The van der Waals surface area contributed by atoms with Gasteiger partial charge in [-0.2, -0.15) is 0 Å². The maximum Gasteiger partial charge on any atom is 0.333 e. The van der Waals surface area contributed by atoms with Crippen molar-refractivity contribution in [2.45, 2.75) is 25.2 Å². The summed E-state index contributed by atoms with van der Waals surface area (Å²) in [6, 6.07) is 55.9. The van der Waals surface area contributed by atoms with Crippen LogP contribution in [0.2, 0.25) is 0 Å². The maximum atomic E-state index is 2.75. The van der Waals surface area contributed by atoms with E-state index in [1.807, 2.05) is 11.3 Å². The molecule has 1 aliphatic carbocycles. The van der Waals surface area contributed by atoms with E-state index in [-0.39, 0.29) is 6.85 Å². The average Bonchev–Trinajstić information content (AvgIpc) is 3.82. The Bertz CT molecular complexity index is 3040. The molecule has 4 heteroatoms. The number of thiophene rings is 1. The van der Waals surface area contributed by atoms with Gasteiger partial charge in [0, 0.05) is 37.9 Å². The molecule has 9 aromatic rings. The third kappa shape index (κ3) is 2.98. The van der Waals surface area contributed by atoms with E-state index in [1.165, 1.54) is 109 Å². The molecular formula is C48H31BN2S. The highest BCUT2D eigenvalue weighted by Crippen LogP contribution is 2.64. The van der Waals surface area contributed by atoms with E-state index in [0.29, 0.717) is 5.92 Å². The van der Waals surface area contributed by atoms with Gasteiger partial charge in [-0.05, 0) is 79.6 Å². The molecule has 0 amide bonds. The zero-order valence-corrected chi connectivity index (χ0v) is 29.6. The summed E-state index contributed by atoms with van der Waals surface area (Å²) in [5.74, 6) is 0.386. The number of hydrogen-bond donors (Lipinski definition) is 0. The van der Waals surface area contributed by atoms with Gasteiger partial charge >= 0.3 is 6.85 Å². The lowest BCUT2D eigenvalue weighted by Gasteiger charge is -2.49. The third-order valence-corrected chi connectivity index (χ3v) is 13.9. The van der Waals surface area contributed by atoms with E-state index < -0.39 is 5.41 Å². The van der Waals surface area contributed by atoms with Gasteiger partial charge in [-0.15, -0.1) is 11.3 Å². The first kappa shape index (κ1) is 27.8. The van der Waals surface area contributed by atoms with E-state index in [0.717, 1.165) is 0 Å². The number of benzene rings is 7. The summed E-state index contributed by atoms with van der Waals surface area (Å²) in [4.78, 5) is 2.66. The molecule has 0 saturated heterocycles. The van der Waals surface area contributed by atoms with Crippen LogP contribution >= 0.6 is 11.3 Å². The maximum absolute atomic E-state index is 2.75. The molecule has 1 spiro atoms. The quantitative estimate of drug-likeness (QED) is 0.157. The summed E-state index contributed by atoms with van der Waals surface area (Å²) in [6.45, 7) is 4.71. The van der Waals surface area contributed by atoms with Crippen molar-refractivity contribution in [2.24, 2.45) is 0 Å². The molecule has 2 nitrogen and oxygen atoms in total. The van der Waals surface area contributed by atoms with Gasteiger partial charge in [0.15, 0.2) is 0 Å². The summed E-state index contributed by atoms with van der Waals surface area (Å²) >= 11 is 1.95. The van der Waals surface area contributed by atoms with Crippen molar-refractivity contribution in [3.63, 3.8) is 0 Å². The SMILES string of the molecule is CC(C)c1cc2c3c(c1)N1c4ccccc4C4(c5ccccc5-c5ccccc54)c4cccc(c41)B3n1c3c-2cccc3c2sc3ccccc3c21. The molecule has 4 aliphatic rings. The first-order chi connectivity index (χ1) is 25.7. The second kappa shape index (κ2) is 9.33. The minimum Gasteiger partial charge on any atom is -0.374 e. The first-order valence-corrected chi connectivity index (χ1v) is 19.3. The molecule has 7 aromatic carbocycles. The first-order valence-electron chi connectivity index (χ1n) is 18.5. The van der Waals surface area contributed by atoms with Crippen molar-refractivity contribution >= 4 is 77.4 Å². The Labute approximate surface area is 306 Å². The Morgan fingerprint density at radius 3 is 2.02 bits per heavy atom. The largest absolute Gasteiger partial charge is 0.374 e. The van der Waals surface area contributed by atoms with E-state index >= 15 is 0 Å². The molecule has 0 atom stereocenters. The van der Waals surface area contributed by atoms with Crippen LogP contribution in [0.1, 0.15) is 47.6 Å². The Hall–Kier alpha value is -5.84. The summed E-state index contributed by atoms with van der Waals surface area (Å²) < 4.78 is 5.49. The fourth-order valence-electron chi connectivity index (χ4n) is 10.8. The van der Waals surface area contributed by atoms with Gasteiger partial charge in [-0.25, -0.2) is 0 Å². The number of rotatable bonds is 1. The van der Waals surface area contributed by atoms with Gasteiger partial charge in [0.1, 0.15) is 0 Å². The number of fused-ring (bicyclic) bond motifs is 18. The molecule has 3 aliphatic heterocycles. The minimum absolute atomic E-state index is 0.0273. The Morgan fingerprint density at radius 1 is 0.558 bits per heavy atom.